The Bertz CT molecular complexity index is 840. The van der Waals surface area contributed by atoms with E-state index in [0.717, 1.165) is 12.1 Å². The fourth-order valence-electron chi connectivity index (χ4n) is 2.77. The van der Waals surface area contributed by atoms with Crippen LogP contribution in [0.4, 0.5) is 4.39 Å². The van der Waals surface area contributed by atoms with Gasteiger partial charge >= 0.3 is 0 Å². The van der Waals surface area contributed by atoms with Crippen LogP contribution in [0.5, 0.6) is 0 Å². The minimum Gasteiger partial charge on any atom is -0.338 e. The van der Waals surface area contributed by atoms with E-state index >= 15 is 0 Å². The van der Waals surface area contributed by atoms with Crippen LogP contribution in [-0.4, -0.2) is 37.6 Å². The van der Waals surface area contributed by atoms with E-state index < -0.39 is 20.9 Å². The Kier molecular flexibility index (Phi) is 4.94. The van der Waals surface area contributed by atoms with Gasteiger partial charge in [0.1, 0.15) is 5.82 Å². The molecule has 1 aliphatic heterocycles. The highest BCUT2D eigenvalue weighted by Gasteiger charge is 2.33. The van der Waals surface area contributed by atoms with Gasteiger partial charge in [0.05, 0.1) is 19.4 Å². The van der Waals surface area contributed by atoms with E-state index in [0.29, 0.717) is 35.1 Å². The van der Waals surface area contributed by atoms with Crippen molar-refractivity contribution in [1.29, 1.82) is 0 Å². The molecule has 0 unspecified atom stereocenters. The Morgan fingerprint density at radius 1 is 1.12 bits per heavy atom. The second-order valence-electron chi connectivity index (χ2n) is 5.59. The number of halogens is 2. The van der Waals surface area contributed by atoms with Gasteiger partial charge in [-0.2, -0.15) is 0 Å². The third kappa shape index (κ3) is 3.48. The number of carbonyl (C=O) groups excluding carboxylic acids is 1. The first-order chi connectivity index (χ1) is 11.4. The number of carbonyl (C=O) groups is 1. The van der Waals surface area contributed by atoms with Crippen molar-refractivity contribution in [3.8, 4) is 0 Å². The number of rotatable bonds is 3. The molecule has 0 saturated carbocycles. The standard InChI is InChI=1S/C16H15ClFNO3S2/c17-15-6-5-14(23-15)16(20)19-9-7-13(8-10-19)24(21,22)12-3-1-11(18)2-4-12/h1-6,13H,7-10H2. The van der Waals surface area contributed by atoms with Crippen LogP contribution in [0.1, 0.15) is 22.5 Å². The molecule has 2 aromatic rings. The topological polar surface area (TPSA) is 54.5 Å². The molecule has 0 aliphatic carbocycles. The van der Waals surface area contributed by atoms with Crippen molar-refractivity contribution in [1.82, 2.24) is 4.90 Å². The molecule has 0 bridgehead atoms. The van der Waals surface area contributed by atoms with E-state index in [4.69, 9.17) is 11.6 Å². The fraction of sp³-hybridized carbons (Fsp3) is 0.312. The predicted octanol–water partition coefficient (Wildman–Crippen LogP) is 3.62. The van der Waals surface area contributed by atoms with Crippen LogP contribution in [0.15, 0.2) is 41.3 Å². The summed E-state index contributed by atoms with van der Waals surface area (Å²) in [6, 6.07) is 8.21. The van der Waals surface area contributed by atoms with E-state index in [2.05, 4.69) is 0 Å². The first-order valence-corrected chi connectivity index (χ1v) is 10.2. The lowest BCUT2D eigenvalue weighted by molar-refractivity contribution is 0.0730. The minimum absolute atomic E-state index is 0.121. The highest BCUT2D eigenvalue weighted by Crippen LogP contribution is 2.27. The van der Waals surface area contributed by atoms with E-state index in [1.165, 1.54) is 23.5 Å². The second-order valence-corrected chi connectivity index (χ2v) is 9.54. The van der Waals surface area contributed by atoms with Gasteiger partial charge in [0.15, 0.2) is 9.84 Å². The average molecular weight is 388 g/mol. The molecule has 0 radical (unpaired) electrons. The molecule has 0 atom stereocenters. The smallest absolute Gasteiger partial charge is 0.263 e. The van der Waals surface area contributed by atoms with Crippen molar-refractivity contribution >= 4 is 38.7 Å². The molecule has 4 nitrogen and oxygen atoms in total. The molecule has 2 heterocycles. The van der Waals surface area contributed by atoms with Gasteiger partial charge < -0.3 is 4.90 Å². The predicted molar refractivity (Wildman–Crippen MR) is 91.8 cm³/mol. The summed E-state index contributed by atoms with van der Waals surface area (Å²) in [6.45, 7) is 0.749. The SMILES string of the molecule is O=C(c1ccc(Cl)s1)N1CCC(S(=O)(=O)c2ccc(F)cc2)CC1. The lowest BCUT2D eigenvalue weighted by atomic mass is 10.1. The lowest BCUT2D eigenvalue weighted by Gasteiger charge is -2.31. The highest BCUT2D eigenvalue weighted by molar-refractivity contribution is 7.92. The molecule has 8 heteroatoms. The molecule has 1 saturated heterocycles. The molecule has 0 N–H and O–H groups in total. The number of sulfone groups is 1. The molecule has 1 aromatic heterocycles. The van der Waals surface area contributed by atoms with Gasteiger partial charge in [-0.3, -0.25) is 4.79 Å². The summed E-state index contributed by atoms with van der Waals surface area (Å²) in [5.74, 6) is -0.589. The quantitative estimate of drug-likeness (QED) is 0.756. The van der Waals surface area contributed by atoms with Gasteiger partial charge in [-0.1, -0.05) is 11.6 Å². The number of hydrogen-bond donors (Lipinski definition) is 0. The second kappa shape index (κ2) is 6.82. The molecule has 1 aliphatic rings. The number of hydrogen-bond acceptors (Lipinski definition) is 4. The monoisotopic (exact) mass is 387 g/mol. The molecule has 1 aromatic carbocycles. The number of amides is 1. The van der Waals surface area contributed by atoms with Crippen LogP contribution in [0, 0.1) is 5.82 Å². The van der Waals surface area contributed by atoms with Crippen LogP contribution in [-0.2, 0) is 9.84 Å². The number of benzene rings is 1. The normalized spacial score (nSPS) is 16.3. The summed E-state index contributed by atoms with van der Waals surface area (Å²) in [4.78, 5) is 14.7. The van der Waals surface area contributed by atoms with Crippen molar-refractivity contribution in [3.05, 3.63) is 51.4 Å². The van der Waals surface area contributed by atoms with Gasteiger partial charge in [0.2, 0.25) is 0 Å². The Hall–Kier alpha value is -1.44. The maximum atomic E-state index is 13.0. The number of nitrogens with zero attached hydrogens (tertiary/aromatic N) is 1. The lowest BCUT2D eigenvalue weighted by Crippen LogP contribution is -2.42. The summed E-state index contributed by atoms with van der Waals surface area (Å²) in [7, 11) is -3.51. The summed E-state index contributed by atoms with van der Waals surface area (Å²) in [6.07, 6.45) is 0.731. The molecule has 1 amide bonds. The molecule has 128 valence electrons. The minimum atomic E-state index is -3.51. The molecule has 3 rings (SSSR count). The van der Waals surface area contributed by atoms with Gasteiger partial charge in [0, 0.05) is 13.1 Å². The summed E-state index contributed by atoms with van der Waals surface area (Å²) >= 11 is 7.06. The number of thiophene rings is 1. The third-order valence-electron chi connectivity index (χ3n) is 4.09. The Morgan fingerprint density at radius 2 is 1.75 bits per heavy atom. The van der Waals surface area contributed by atoms with Crippen LogP contribution >= 0.6 is 22.9 Å². The van der Waals surface area contributed by atoms with Gasteiger partial charge in [-0.25, -0.2) is 12.8 Å². The maximum absolute atomic E-state index is 13.0. The Balaban J connectivity index is 1.68. The number of piperidine rings is 1. The molecular weight excluding hydrogens is 373 g/mol. The Morgan fingerprint density at radius 3 is 2.29 bits per heavy atom. The van der Waals surface area contributed by atoms with Crippen molar-refractivity contribution in [2.24, 2.45) is 0 Å². The molecule has 0 spiro atoms. The van der Waals surface area contributed by atoms with Gasteiger partial charge in [-0.05, 0) is 49.2 Å². The van der Waals surface area contributed by atoms with Crippen molar-refractivity contribution in [2.45, 2.75) is 23.0 Å². The Labute approximate surface area is 148 Å². The largest absolute Gasteiger partial charge is 0.338 e. The first kappa shape index (κ1) is 17.4. The van der Waals surface area contributed by atoms with Crippen LogP contribution in [0.3, 0.4) is 0 Å². The van der Waals surface area contributed by atoms with E-state index in [9.17, 15) is 17.6 Å². The van der Waals surface area contributed by atoms with Crippen LogP contribution in [0.2, 0.25) is 4.34 Å². The van der Waals surface area contributed by atoms with Gasteiger partial charge in [0.25, 0.3) is 5.91 Å². The summed E-state index contributed by atoms with van der Waals surface area (Å²) in [5.41, 5.74) is 0. The van der Waals surface area contributed by atoms with E-state index in [-0.39, 0.29) is 10.8 Å². The molecule has 1 fully saturated rings. The average Bonchev–Trinajstić information content (AvgIpc) is 3.01. The zero-order valence-electron chi connectivity index (χ0n) is 12.6. The first-order valence-electron chi connectivity index (χ1n) is 7.42. The zero-order valence-corrected chi connectivity index (χ0v) is 15.0. The highest BCUT2D eigenvalue weighted by atomic mass is 35.5. The summed E-state index contributed by atoms with van der Waals surface area (Å²) in [5, 5.41) is -0.557. The molecular formula is C16H15ClFNO3S2. The van der Waals surface area contributed by atoms with E-state index in [1.54, 1.807) is 17.0 Å². The van der Waals surface area contributed by atoms with Crippen LogP contribution < -0.4 is 0 Å². The number of likely N-dealkylation sites (tertiary alicyclic amines) is 1. The fourth-order valence-corrected chi connectivity index (χ4v) is 5.51. The van der Waals surface area contributed by atoms with Crippen molar-refractivity contribution in [3.63, 3.8) is 0 Å². The van der Waals surface area contributed by atoms with Gasteiger partial charge in [-0.15, -0.1) is 11.3 Å². The van der Waals surface area contributed by atoms with Crippen molar-refractivity contribution in [2.75, 3.05) is 13.1 Å². The maximum Gasteiger partial charge on any atom is 0.263 e. The zero-order chi connectivity index (χ0) is 17.3. The van der Waals surface area contributed by atoms with E-state index in [1.807, 2.05) is 0 Å². The third-order valence-corrected chi connectivity index (χ3v) is 7.59. The molecule has 24 heavy (non-hydrogen) atoms. The summed E-state index contributed by atoms with van der Waals surface area (Å²) < 4.78 is 38.7. The van der Waals surface area contributed by atoms with Crippen molar-refractivity contribution < 1.29 is 17.6 Å². The van der Waals surface area contributed by atoms with Crippen LogP contribution in [0.25, 0.3) is 0 Å².